The molecule has 1 N–H and O–H groups in total. The normalized spacial score (nSPS) is 16.0. The fourth-order valence-corrected chi connectivity index (χ4v) is 1.42. The summed E-state index contributed by atoms with van der Waals surface area (Å²) in [5.74, 6) is 0.808. The Morgan fingerprint density at radius 3 is 2.50 bits per heavy atom. The van der Waals surface area contributed by atoms with Gasteiger partial charge in [-0.25, -0.2) is 0 Å². The van der Waals surface area contributed by atoms with Crippen LogP contribution in [0.25, 0.3) is 0 Å². The minimum atomic E-state index is 0.641. The van der Waals surface area contributed by atoms with Crippen molar-refractivity contribution >= 4 is 0 Å². The molecule has 0 aromatic rings. The Morgan fingerprint density at radius 1 is 1.33 bits per heavy atom. The van der Waals surface area contributed by atoms with Crippen molar-refractivity contribution in [3.05, 3.63) is 0 Å². The van der Waals surface area contributed by atoms with Gasteiger partial charge in [-0.2, -0.15) is 0 Å². The van der Waals surface area contributed by atoms with Gasteiger partial charge >= 0.3 is 0 Å². The molecule has 0 spiro atoms. The molecule has 0 fully saturated rings. The predicted molar refractivity (Wildman–Crippen MR) is 53.4 cm³/mol. The van der Waals surface area contributed by atoms with Crippen LogP contribution in [0, 0.1) is 5.92 Å². The first-order valence-electron chi connectivity index (χ1n) is 4.87. The third-order valence-corrected chi connectivity index (χ3v) is 2.29. The van der Waals surface area contributed by atoms with E-state index in [1.807, 2.05) is 7.05 Å². The monoisotopic (exact) mass is 173 g/mol. The second kappa shape index (κ2) is 7.56. The first-order chi connectivity index (χ1) is 5.70. The van der Waals surface area contributed by atoms with Crippen LogP contribution in [0.1, 0.15) is 33.1 Å². The Labute approximate surface area is 76.7 Å². The predicted octanol–water partition coefficient (Wildman–Crippen LogP) is 2.05. The molecule has 0 saturated heterocycles. The van der Waals surface area contributed by atoms with Gasteiger partial charge < -0.3 is 10.1 Å². The van der Waals surface area contributed by atoms with Gasteiger partial charge in [0, 0.05) is 19.8 Å². The molecule has 74 valence electrons. The minimum Gasteiger partial charge on any atom is -0.385 e. The van der Waals surface area contributed by atoms with Crippen molar-refractivity contribution in [2.75, 3.05) is 20.8 Å². The quantitative estimate of drug-likeness (QED) is 0.595. The fraction of sp³-hybridized carbons (Fsp3) is 1.00. The van der Waals surface area contributed by atoms with E-state index in [-0.39, 0.29) is 0 Å². The van der Waals surface area contributed by atoms with Gasteiger partial charge in [0.2, 0.25) is 0 Å². The van der Waals surface area contributed by atoms with Gasteiger partial charge in [-0.15, -0.1) is 0 Å². The van der Waals surface area contributed by atoms with Crippen LogP contribution in [0.3, 0.4) is 0 Å². The van der Waals surface area contributed by atoms with Crippen molar-refractivity contribution in [1.82, 2.24) is 5.32 Å². The summed E-state index contributed by atoms with van der Waals surface area (Å²) in [5.41, 5.74) is 0. The Balaban J connectivity index is 3.26. The van der Waals surface area contributed by atoms with Crippen molar-refractivity contribution < 1.29 is 4.74 Å². The maximum Gasteiger partial charge on any atom is 0.0462 e. The summed E-state index contributed by atoms with van der Waals surface area (Å²) in [6.45, 7) is 5.44. The van der Waals surface area contributed by atoms with E-state index in [9.17, 15) is 0 Å². The smallest absolute Gasteiger partial charge is 0.0462 e. The van der Waals surface area contributed by atoms with Crippen molar-refractivity contribution in [3.8, 4) is 0 Å². The van der Waals surface area contributed by atoms with Crippen molar-refractivity contribution in [3.63, 3.8) is 0 Å². The summed E-state index contributed by atoms with van der Waals surface area (Å²) in [7, 11) is 3.79. The van der Waals surface area contributed by atoms with E-state index < -0.39 is 0 Å². The van der Waals surface area contributed by atoms with E-state index >= 15 is 0 Å². The molecular weight excluding hydrogens is 150 g/mol. The summed E-state index contributed by atoms with van der Waals surface area (Å²) in [6, 6.07) is 0.641. The van der Waals surface area contributed by atoms with Crippen LogP contribution in [-0.2, 0) is 4.74 Å². The molecule has 12 heavy (non-hydrogen) atoms. The molecular formula is C10H23NO. The molecule has 0 aromatic heterocycles. The number of ether oxygens (including phenoxy) is 1. The largest absolute Gasteiger partial charge is 0.385 e. The molecule has 0 aromatic carbocycles. The van der Waals surface area contributed by atoms with Crippen molar-refractivity contribution in [1.29, 1.82) is 0 Å². The first-order valence-corrected chi connectivity index (χ1v) is 4.87. The molecule has 0 amide bonds. The SMILES string of the molecule is CNC(C)CC(C)CCCOC. The van der Waals surface area contributed by atoms with E-state index in [1.54, 1.807) is 7.11 Å². The Kier molecular flexibility index (Phi) is 7.51. The molecule has 2 atom stereocenters. The molecule has 0 aliphatic heterocycles. The van der Waals surface area contributed by atoms with Crippen LogP contribution < -0.4 is 5.32 Å². The lowest BCUT2D eigenvalue weighted by Crippen LogP contribution is -2.23. The standard InChI is InChI=1S/C10H23NO/c1-9(6-5-7-12-4)8-10(2)11-3/h9-11H,5-8H2,1-4H3. The first kappa shape index (κ1) is 11.9. The van der Waals surface area contributed by atoms with Gasteiger partial charge in [-0.05, 0) is 39.2 Å². The average molecular weight is 173 g/mol. The topological polar surface area (TPSA) is 21.3 Å². The second-order valence-corrected chi connectivity index (χ2v) is 3.67. The Hall–Kier alpha value is -0.0800. The molecule has 0 rings (SSSR count). The fourth-order valence-electron chi connectivity index (χ4n) is 1.42. The van der Waals surface area contributed by atoms with E-state index in [2.05, 4.69) is 19.2 Å². The highest BCUT2D eigenvalue weighted by Gasteiger charge is 2.05. The maximum absolute atomic E-state index is 5.01. The zero-order valence-corrected chi connectivity index (χ0v) is 8.89. The number of rotatable bonds is 7. The third-order valence-electron chi connectivity index (χ3n) is 2.29. The average Bonchev–Trinajstić information content (AvgIpc) is 2.05. The lowest BCUT2D eigenvalue weighted by molar-refractivity contribution is 0.186. The van der Waals surface area contributed by atoms with Gasteiger partial charge in [0.25, 0.3) is 0 Å². The zero-order valence-electron chi connectivity index (χ0n) is 8.89. The highest BCUT2D eigenvalue weighted by atomic mass is 16.5. The van der Waals surface area contributed by atoms with Crippen LogP contribution in [0.2, 0.25) is 0 Å². The van der Waals surface area contributed by atoms with Crippen LogP contribution in [0.4, 0.5) is 0 Å². The minimum absolute atomic E-state index is 0.641. The van der Waals surface area contributed by atoms with E-state index in [0.29, 0.717) is 6.04 Å². The maximum atomic E-state index is 5.01. The third kappa shape index (κ3) is 6.62. The summed E-state index contributed by atoms with van der Waals surface area (Å²) in [6.07, 6.45) is 3.73. The molecule has 0 radical (unpaired) electrons. The molecule has 0 saturated carbocycles. The Bertz CT molecular complexity index is 95.8. The van der Waals surface area contributed by atoms with E-state index in [1.165, 1.54) is 19.3 Å². The molecule has 2 nitrogen and oxygen atoms in total. The van der Waals surface area contributed by atoms with Crippen molar-refractivity contribution in [2.45, 2.75) is 39.2 Å². The second-order valence-electron chi connectivity index (χ2n) is 3.67. The molecule has 0 aliphatic rings. The van der Waals surface area contributed by atoms with Crippen molar-refractivity contribution in [2.24, 2.45) is 5.92 Å². The zero-order chi connectivity index (χ0) is 9.40. The van der Waals surface area contributed by atoms with Gasteiger partial charge in [0.15, 0.2) is 0 Å². The van der Waals surface area contributed by atoms with E-state index in [4.69, 9.17) is 4.74 Å². The van der Waals surface area contributed by atoms with Gasteiger partial charge in [-0.1, -0.05) is 6.92 Å². The molecule has 0 heterocycles. The summed E-state index contributed by atoms with van der Waals surface area (Å²) in [5, 5.41) is 3.25. The highest BCUT2D eigenvalue weighted by Crippen LogP contribution is 2.12. The summed E-state index contributed by atoms with van der Waals surface area (Å²) in [4.78, 5) is 0. The molecule has 2 heteroatoms. The molecule has 2 unspecified atom stereocenters. The number of methoxy groups -OCH3 is 1. The van der Waals surface area contributed by atoms with Gasteiger partial charge in [0.1, 0.15) is 0 Å². The number of hydrogen-bond acceptors (Lipinski definition) is 2. The van der Waals surface area contributed by atoms with Crippen LogP contribution >= 0.6 is 0 Å². The van der Waals surface area contributed by atoms with Crippen LogP contribution in [-0.4, -0.2) is 26.8 Å². The summed E-state index contributed by atoms with van der Waals surface area (Å²) < 4.78 is 5.01. The number of nitrogens with one attached hydrogen (secondary N) is 1. The highest BCUT2D eigenvalue weighted by molar-refractivity contribution is 4.62. The molecule has 0 aliphatic carbocycles. The lowest BCUT2D eigenvalue weighted by Gasteiger charge is -2.16. The van der Waals surface area contributed by atoms with Crippen LogP contribution in [0.5, 0.6) is 0 Å². The van der Waals surface area contributed by atoms with Crippen LogP contribution in [0.15, 0.2) is 0 Å². The van der Waals surface area contributed by atoms with Gasteiger partial charge in [0.05, 0.1) is 0 Å². The van der Waals surface area contributed by atoms with Gasteiger partial charge in [-0.3, -0.25) is 0 Å². The lowest BCUT2D eigenvalue weighted by atomic mass is 9.98. The Morgan fingerprint density at radius 2 is 2.00 bits per heavy atom. The molecule has 0 bridgehead atoms. The van der Waals surface area contributed by atoms with E-state index in [0.717, 1.165) is 12.5 Å². The number of hydrogen-bond donors (Lipinski definition) is 1. The summed E-state index contributed by atoms with van der Waals surface area (Å²) >= 11 is 0.